The molecular formula is C33H51N6O5P15. The van der Waals surface area contributed by atoms with Crippen molar-refractivity contribution in [2.24, 2.45) is 14.1 Å². The minimum atomic E-state index is -1.06. The van der Waals surface area contributed by atoms with Gasteiger partial charge in [0.2, 0.25) is 0 Å². The van der Waals surface area contributed by atoms with Crippen LogP contribution in [0.4, 0.5) is 0 Å². The predicted molar refractivity (Wildman–Crippen MR) is 296 cm³/mol. The second-order valence-electron chi connectivity index (χ2n) is 11.7. The van der Waals surface area contributed by atoms with Crippen LogP contribution in [0.3, 0.4) is 0 Å². The van der Waals surface area contributed by atoms with Gasteiger partial charge in [0, 0.05) is 25.2 Å². The number of aromatic amines is 1. The first-order valence-corrected chi connectivity index (χ1v) is 43.2. The summed E-state index contributed by atoms with van der Waals surface area (Å²) in [5.74, 6) is 0.240. The molecule has 0 saturated heterocycles. The van der Waals surface area contributed by atoms with Gasteiger partial charge < -0.3 is 19.6 Å². The molecule has 0 radical (unpaired) electrons. The van der Waals surface area contributed by atoms with Crippen LogP contribution >= 0.6 is 121 Å². The zero-order valence-electron chi connectivity index (χ0n) is 31.9. The van der Waals surface area contributed by atoms with Crippen molar-refractivity contribution in [1.29, 1.82) is 0 Å². The van der Waals surface area contributed by atoms with E-state index in [1.165, 1.54) is 11.8 Å². The Labute approximate surface area is 373 Å². The molecule has 26 heteroatoms. The Kier molecular flexibility index (Phi) is 24.4. The Morgan fingerprint density at radius 3 is 1.58 bits per heavy atom. The van der Waals surface area contributed by atoms with E-state index in [4.69, 9.17) is 14.6 Å². The molecule has 11 atom stereocenters. The number of ether oxygens (including phenoxy) is 2. The quantitative estimate of drug-likeness (QED) is 0.0813. The highest BCUT2D eigenvalue weighted by atomic mass is 33.3. The van der Waals surface area contributed by atoms with Crippen LogP contribution in [0.5, 0.6) is 11.5 Å². The number of aromatic nitrogens is 6. The zero-order chi connectivity index (χ0) is 42.7. The second-order valence-corrected chi connectivity index (χ2v) is 67.6. The Morgan fingerprint density at radius 2 is 1.15 bits per heavy atom. The molecular weight excluding hydrogens is 1030 g/mol. The van der Waals surface area contributed by atoms with Gasteiger partial charge in [0.1, 0.15) is 22.9 Å². The number of carboxylic acids is 1. The van der Waals surface area contributed by atoms with Gasteiger partial charge in [-0.15, -0.1) is 71.4 Å². The van der Waals surface area contributed by atoms with E-state index in [-0.39, 0.29) is 73.0 Å². The molecule has 3 aromatic heterocycles. The number of Topliss-reactive ketones (excluding diaryl/α,β-unsaturated/α-hetero) is 1. The molecule has 3 aromatic carbocycles. The molecule has 318 valence electrons. The number of methoxy groups -OCH3 is 2. The van der Waals surface area contributed by atoms with E-state index in [0.717, 1.165) is 30.1 Å². The number of imidazole rings is 1. The Bertz CT molecular complexity index is 2220. The Balaban J connectivity index is 0.000000248. The smallest absolute Gasteiger partial charge is 0.358 e. The number of carbonyl (C=O) groups is 2. The molecule has 59 heavy (non-hydrogen) atoms. The maximum absolute atomic E-state index is 12.9. The number of hydrogen-bond acceptors (Lipinski definition) is 7. The molecule has 0 aliphatic heterocycles. The number of para-hydroxylation sites is 2. The SMILES string of the molecule is C.COc1c(-c2ccccc2)nn(C)c1C(=O)Cc1nc2ccccc2[nH]1.COc1c(-c2ccccc2)nn(C)c1C(=O)O.PPP(P)P(P(P)P)P(P(P)P)P(P)P. The minimum absolute atomic E-state index is 0. The summed E-state index contributed by atoms with van der Waals surface area (Å²) in [7, 11) is 31.9. The summed E-state index contributed by atoms with van der Waals surface area (Å²) in [5, 5.41) is 17.8. The van der Waals surface area contributed by atoms with Gasteiger partial charge in [-0.1, -0.05) is 88.2 Å². The molecule has 0 spiro atoms. The van der Waals surface area contributed by atoms with Crippen molar-refractivity contribution in [3.05, 3.63) is 102 Å². The van der Waals surface area contributed by atoms with E-state index in [1.54, 1.807) is 25.9 Å². The third-order valence-electron chi connectivity index (χ3n) is 7.85. The van der Waals surface area contributed by atoms with Crippen LogP contribution in [0.1, 0.15) is 34.2 Å². The number of carbonyl (C=O) groups excluding carboxylic acids is 1. The van der Waals surface area contributed by atoms with Gasteiger partial charge in [0.25, 0.3) is 0 Å². The fourth-order valence-corrected chi connectivity index (χ4v) is 162. The van der Waals surface area contributed by atoms with E-state index < -0.39 is 5.97 Å². The number of benzene rings is 3. The highest BCUT2D eigenvalue weighted by Crippen LogP contribution is 3.22. The van der Waals surface area contributed by atoms with Crippen LogP contribution < -0.4 is 9.47 Å². The van der Waals surface area contributed by atoms with Crippen LogP contribution in [0.15, 0.2) is 84.9 Å². The van der Waals surface area contributed by atoms with Crippen LogP contribution in [0.2, 0.25) is 0 Å². The van der Waals surface area contributed by atoms with Crippen LogP contribution in [0.25, 0.3) is 33.5 Å². The van der Waals surface area contributed by atoms with Gasteiger partial charge in [-0.2, -0.15) is 10.2 Å². The van der Waals surface area contributed by atoms with Crippen LogP contribution in [-0.4, -0.2) is 60.6 Å². The first kappa shape index (κ1) is 54.1. The summed E-state index contributed by atoms with van der Waals surface area (Å²) >= 11 is 0. The molecule has 2 N–H and O–H groups in total. The number of aryl methyl sites for hydroxylation is 2. The lowest BCUT2D eigenvalue weighted by atomic mass is 10.1. The molecule has 0 aliphatic rings. The number of rotatable bonds is 14. The minimum Gasteiger partial charge on any atom is -0.492 e. The number of aromatic carboxylic acids is 1. The molecule has 6 aromatic rings. The number of ketones is 1. The second kappa shape index (κ2) is 26.6. The monoisotopic (exact) mass is 1080 g/mol. The van der Waals surface area contributed by atoms with Crippen molar-refractivity contribution >= 4 is 144 Å². The lowest BCUT2D eigenvalue weighted by Gasteiger charge is -2.38. The van der Waals surface area contributed by atoms with Gasteiger partial charge >= 0.3 is 5.97 Å². The molecule has 11 nitrogen and oxygen atoms in total. The largest absolute Gasteiger partial charge is 0.492 e. The van der Waals surface area contributed by atoms with Crippen LogP contribution in [-0.2, 0) is 20.5 Å². The fourth-order valence-electron chi connectivity index (χ4n) is 5.48. The maximum atomic E-state index is 12.9. The number of nitrogens with zero attached hydrogens (tertiary/aromatic N) is 5. The third-order valence-corrected chi connectivity index (χ3v) is 96.2. The average Bonchev–Trinajstić information content (AvgIpc) is 3.88. The van der Waals surface area contributed by atoms with Gasteiger partial charge in [-0.3, -0.25) is 14.2 Å². The predicted octanol–water partition coefficient (Wildman–Crippen LogP) is 14.2. The summed E-state index contributed by atoms with van der Waals surface area (Å²) in [6, 6.07) is 26.7. The van der Waals surface area contributed by atoms with Gasteiger partial charge in [0.15, 0.2) is 23.0 Å². The molecule has 0 saturated carbocycles. The summed E-state index contributed by atoms with van der Waals surface area (Å²) in [5.41, 5.74) is 5.17. The molecule has 11 unspecified atom stereocenters. The number of nitrogens with one attached hydrogen (secondary N) is 1. The van der Waals surface area contributed by atoms with Crippen molar-refractivity contribution in [2.45, 2.75) is 13.8 Å². The Hall–Kier alpha value is 0.740. The fraction of sp³-hybridized carbons (Fsp3) is 0.182. The van der Waals surface area contributed by atoms with E-state index in [0.29, 0.717) is 28.7 Å². The van der Waals surface area contributed by atoms with Gasteiger partial charge in [-0.05, 0) is 54.1 Å². The summed E-state index contributed by atoms with van der Waals surface area (Å²) in [6.07, 6.45) is 0.152. The summed E-state index contributed by atoms with van der Waals surface area (Å²) in [6.45, 7) is 0.887. The molecule has 0 fully saturated rings. The third kappa shape index (κ3) is 14.6. The molecule has 6 rings (SSSR count). The number of hydrogen-bond donors (Lipinski definition) is 2. The summed E-state index contributed by atoms with van der Waals surface area (Å²) in [4.78, 5) is 31.7. The lowest BCUT2D eigenvalue weighted by molar-refractivity contribution is 0.0681. The molecule has 0 bridgehead atoms. The first-order valence-electron chi connectivity index (χ1n) is 16.7. The molecule has 0 aliphatic carbocycles. The van der Waals surface area contributed by atoms with Crippen LogP contribution in [0, 0.1) is 0 Å². The van der Waals surface area contributed by atoms with E-state index in [9.17, 15) is 9.59 Å². The van der Waals surface area contributed by atoms with Crippen molar-refractivity contribution in [2.75, 3.05) is 14.2 Å². The lowest BCUT2D eigenvalue weighted by Crippen LogP contribution is -2.11. The van der Waals surface area contributed by atoms with Gasteiger partial charge in [-0.25, -0.2) is 9.78 Å². The number of fused-ring (bicyclic) bond motifs is 1. The normalized spacial score (nSPS) is 12.3. The first-order chi connectivity index (χ1) is 27.6. The van der Waals surface area contributed by atoms with Crippen molar-refractivity contribution in [3.63, 3.8) is 0 Å². The number of H-pyrrole nitrogens is 1. The average molecular weight is 1080 g/mol. The van der Waals surface area contributed by atoms with Crippen molar-refractivity contribution in [3.8, 4) is 34.0 Å². The number of carboxylic acid groups (broad SMARTS) is 1. The molecule has 3 heterocycles. The van der Waals surface area contributed by atoms with Gasteiger partial charge in [0.05, 0.1) is 31.7 Å². The summed E-state index contributed by atoms with van der Waals surface area (Å²) < 4.78 is 13.6. The van der Waals surface area contributed by atoms with E-state index >= 15 is 0 Å². The topological polar surface area (TPSA) is 137 Å². The van der Waals surface area contributed by atoms with E-state index in [1.807, 2.05) is 84.9 Å². The van der Waals surface area contributed by atoms with E-state index in [2.05, 4.69) is 91.6 Å². The Morgan fingerprint density at radius 1 is 0.712 bits per heavy atom. The highest BCUT2D eigenvalue weighted by molar-refractivity contribution is 9.28. The molecule has 0 amide bonds. The highest BCUT2D eigenvalue weighted by Gasteiger charge is 2.34. The van der Waals surface area contributed by atoms with Crippen molar-refractivity contribution < 1.29 is 24.2 Å². The van der Waals surface area contributed by atoms with Crippen molar-refractivity contribution in [1.82, 2.24) is 29.5 Å². The maximum Gasteiger partial charge on any atom is 0.358 e. The zero-order valence-corrected chi connectivity index (χ0v) is 47.5. The standard InChI is InChI=1S/C20H18N4O2.C12H12N2O3.CH4.H17P15/c1-24-19(20(26-2)18(23-24)13-8-4-3-5-9-13)16(25)12-17-21-14-10-6-7-11-15(14)22-17;1-14-10(12(15)16)11(17-2)9(13-14)8-6-4-3-5-7-8;;1-9-13(8)15(12(6)7)14(10(2)3)11(4)5/h3-11H,12H2,1-2H3,(H,21,22);3-7H,1-2H3,(H,15,16);1H4;9H,1-8H2.